The number of halogens is 1. The summed E-state index contributed by atoms with van der Waals surface area (Å²) in [5.41, 5.74) is 4.40. The minimum Gasteiger partial charge on any atom is -0.496 e. The van der Waals surface area contributed by atoms with E-state index in [9.17, 15) is 4.79 Å². The van der Waals surface area contributed by atoms with E-state index in [-0.39, 0.29) is 11.3 Å². The van der Waals surface area contributed by atoms with Crippen LogP contribution in [-0.4, -0.2) is 29.4 Å². The quantitative estimate of drug-likeness (QED) is 0.632. The molecule has 2 N–H and O–H groups in total. The molecule has 0 bridgehead atoms. The van der Waals surface area contributed by atoms with Gasteiger partial charge in [0.1, 0.15) is 5.75 Å². The van der Waals surface area contributed by atoms with Gasteiger partial charge >= 0.3 is 0 Å². The predicted octanol–water partition coefficient (Wildman–Crippen LogP) is 3.24. The molecular formula is C16H19BrN4O2. The molecule has 1 heterocycles. The molecule has 0 unspecified atom stereocenters. The normalized spacial score (nSPS) is 11.7. The zero-order valence-corrected chi connectivity index (χ0v) is 15.1. The highest BCUT2D eigenvalue weighted by molar-refractivity contribution is 9.10. The lowest BCUT2D eigenvalue weighted by Gasteiger charge is -2.14. The molecule has 0 saturated carbocycles. The molecule has 23 heavy (non-hydrogen) atoms. The van der Waals surface area contributed by atoms with Gasteiger partial charge in [-0.25, -0.2) is 5.43 Å². The molecule has 2 aromatic rings. The van der Waals surface area contributed by atoms with Crippen LogP contribution in [0.1, 0.15) is 42.5 Å². The summed E-state index contributed by atoms with van der Waals surface area (Å²) in [6, 6.07) is 7.23. The van der Waals surface area contributed by atoms with Gasteiger partial charge in [0.2, 0.25) is 0 Å². The molecule has 0 atom stereocenters. The summed E-state index contributed by atoms with van der Waals surface area (Å²) in [5, 5.41) is 10.8. The minimum atomic E-state index is -0.361. The largest absolute Gasteiger partial charge is 0.496 e. The molecule has 2 rings (SSSR count). The highest BCUT2D eigenvalue weighted by atomic mass is 79.9. The third kappa shape index (κ3) is 4.41. The lowest BCUT2D eigenvalue weighted by atomic mass is 9.92. The van der Waals surface area contributed by atoms with Crippen LogP contribution in [0.5, 0.6) is 5.75 Å². The van der Waals surface area contributed by atoms with E-state index < -0.39 is 0 Å². The molecule has 0 spiro atoms. The van der Waals surface area contributed by atoms with E-state index in [0.717, 1.165) is 21.5 Å². The van der Waals surface area contributed by atoms with Gasteiger partial charge in [-0.1, -0.05) is 20.8 Å². The smallest absolute Gasteiger partial charge is 0.291 e. The predicted molar refractivity (Wildman–Crippen MR) is 93.0 cm³/mol. The second-order valence-corrected chi connectivity index (χ2v) is 6.86. The number of hydrogen-bond donors (Lipinski definition) is 2. The number of nitrogens with one attached hydrogen (secondary N) is 2. The number of rotatable bonds is 4. The van der Waals surface area contributed by atoms with E-state index in [0.29, 0.717) is 5.69 Å². The van der Waals surface area contributed by atoms with Gasteiger partial charge in [0.15, 0.2) is 5.69 Å². The average Bonchev–Trinajstić information content (AvgIpc) is 2.97. The molecule has 1 amide bonds. The zero-order chi connectivity index (χ0) is 17.0. The van der Waals surface area contributed by atoms with Gasteiger partial charge in [-0.15, -0.1) is 0 Å². The monoisotopic (exact) mass is 378 g/mol. The van der Waals surface area contributed by atoms with Crippen molar-refractivity contribution in [3.63, 3.8) is 0 Å². The number of aromatic amines is 1. The summed E-state index contributed by atoms with van der Waals surface area (Å²) < 4.78 is 5.97. The maximum Gasteiger partial charge on any atom is 0.291 e. The molecule has 7 heteroatoms. The standard InChI is InChI=1S/C16H19BrN4O2/c1-16(2,3)14-8-12(19-20-14)15(22)21-18-9-10-5-6-13(23-4)11(17)7-10/h5-9H,1-4H3,(H,19,20)(H,21,22)/b18-9-. The first-order chi connectivity index (χ1) is 10.8. The molecule has 6 nitrogen and oxygen atoms in total. The summed E-state index contributed by atoms with van der Waals surface area (Å²) in [5.74, 6) is 0.373. The van der Waals surface area contributed by atoms with Gasteiger partial charge in [-0.3, -0.25) is 9.89 Å². The maximum atomic E-state index is 12.0. The fraction of sp³-hybridized carbons (Fsp3) is 0.312. The Hall–Kier alpha value is -2.15. The van der Waals surface area contributed by atoms with Crippen molar-refractivity contribution in [1.29, 1.82) is 0 Å². The molecule has 0 aliphatic rings. The van der Waals surface area contributed by atoms with Gasteiger partial charge in [0, 0.05) is 11.1 Å². The van der Waals surface area contributed by atoms with Gasteiger partial charge in [-0.05, 0) is 45.8 Å². The molecule has 0 aliphatic carbocycles. The Morgan fingerprint density at radius 2 is 2.13 bits per heavy atom. The third-order valence-electron chi connectivity index (χ3n) is 3.17. The molecule has 0 fully saturated rings. The molecule has 1 aromatic heterocycles. The SMILES string of the molecule is COc1ccc(/C=N\NC(=O)c2cc(C(C)(C)C)[nH]n2)cc1Br. The van der Waals surface area contributed by atoms with Crippen molar-refractivity contribution in [2.75, 3.05) is 7.11 Å². The van der Waals surface area contributed by atoms with Crippen molar-refractivity contribution in [1.82, 2.24) is 15.6 Å². The second-order valence-electron chi connectivity index (χ2n) is 6.01. The van der Waals surface area contributed by atoms with Gasteiger partial charge in [0.25, 0.3) is 5.91 Å². The third-order valence-corrected chi connectivity index (χ3v) is 3.79. The number of hydrazone groups is 1. The van der Waals surface area contributed by atoms with Crippen molar-refractivity contribution in [2.45, 2.75) is 26.2 Å². The maximum absolute atomic E-state index is 12.0. The molecule has 0 saturated heterocycles. The van der Waals surface area contributed by atoms with Crippen LogP contribution in [0, 0.1) is 0 Å². The van der Waals surface area contributed by atoms with Crippen molar-refractivity contribution in [3.05, 3.63) is 45.7 Å². The number of nitrogens with zero attached hydrogens (tertiary/aromatic N) is 2. The first-order valence-corrected chi connectivity index (χ1v) is 7.83. The number of methoxy groups -OCH3 is 1. The number of ether oxygens (including phenoxy) is 1. The molecule has 122 valence electrons. The van der Waals surface area contributed by atoms with Crippen molar-refractivity contribution in [2.24, 2.45) is 5.10 Å². The number of carbonyl (C=O) groups is 1. The summed E-state index contributed by atoms with van der Waals surface area (Å²) in [4.78, 5) is 12.0. The van der Waals surface area contributed by atoms with Crippen LogP contribution in [0.15, 0.2) is 33.8 Å². The highest BCUT2D eigenvalue weighted by Gasteiger charge is 2.19. The summed E-state index contributed by atoms with van der Waals surface area (Å²) in [6.45, 7) is 6.13. The number of amides is 1. The van der Waals surface area contributed by atoms with Crippen LogP contribution in [0.4, 0.5) is 0 Å². The van der Waals surface area contributed by atoms with Crippen LogP contribution in [-0.2, 0) is 5.41 Å². The van der Waals surface area contributed by atoms with Crippen molar-refractivity contribution < 1.29 is 9.53 Å². The average molecular weight is 379 g/mol. The van der Waals surface area contributed by atoms with Crippen molar-refractivity contribution >= 4 is 28.1 Å². The fourth-order valence-corrected chi connectivity index (χ4v) is 2.37. The Balaban J connectivity index is 2.01. The Morgan fingerprint density at radius 1 is 1.39 bits per heavy atom. The van der Waals surface area contributed by atoms with Crippen LogP contribution in [0.2, 0.25) is 0 Å². The number of carbonyl (C=O) groups excluding carboxylic acids is 1. The van der Waals surface area contributed by atoms with E-state index in [1.807, 2.05) is 39.0 Å². The van der Waals surface area contributed by atoms with Gasteiger partial charge < -0.3 is 4.74 Å². The minimum absolute atomic E-state index is 0.0931. The van der Waals surface area contributed by atoms with Gasteiger partial charge in [0.05, 0.1) is 17.8 Å². The molecule has 0 radical (unpaired) electrons. The summed E-state index contributed by atoms with van der Waals surface area (Å²) >= 11 is 3.40. The van der Waals surface area contributed by atoms with Crippen LogP contribution in [0.3, 0.4) is 0 Å². The van der Waals surface area contributed by atoms with Crippen molar-refractivity contribution in [3.8, 4) is 5.75 Å². The Labute approximate surface area is 143 Å². The second kappa shape index (κ2) is 6.95. The fourth-order valence-electron chi connectivity index (χ4n) is 1.81. The highest BCUT2D eigenvalue weighted by Crippen LogP contribution is 2.24. The number of benzene rings is 1. The number of hydrogen-bond acceptors (Lipinski definition) is 4. The first-order valence-electron chi connectivity index (χ1n) is 7.04. The number of H-pyrrole nitrogens is 1. The van der Waals surface area contributed by atoms with E-state index in [1.54, 1.807) is 19.4 Å². The molecular weight excluding hydrogens is 360 g/mol. The lowest BCUT2D eigenvalue weighted by molar-refractivity contribution is 0.0950. The van der Waals surface area contributed by atoms with E-state index >= 15 is 0 Å². The first kappa shape index (κ1) is 17.2. The van der Waals surface area contributed by atoms with E-state index in [1.165, 1.54) is 0 Å². The van der Waals surface area contributed by atoms with Crippen LogP contribution in [0.25, 0.3) is 0 Å². The van der Waals surface area contributed by atoms with E-state index in [4.69, 9.17) is 4.74 Å². The summed E-state index contributed by atoms with van der Waals surface area (Å²) in [7, 11) is 1.60. The number of aromatic nitrogens is 2. The molecule has 1 aromatic carbocycles. The van der Waals surface area contributed by atoms with E-state index in [2.05, 4.69) is 36.7 Å². The molecule has 0 aliphatic heterocycles. The van der Waals surface area contributed by atoms with Crippen LogP contribution < -0.4 is 10.2 Å². The zero-order valence-electron chi connectivity index (χ0n) is 13.5. The Kier molecular flexibility index (Phi) is 5.20. The lowest BCUT2D eigenvalue weighted by Crippen LogP contribution is -2.18. The summed E-state index contributed by atoms with van der Waals surface area (Å²) in [6.07, 6.45) is 1.55. The Bertz CT molecular complexity index is 732. The topological polar surface area (TPSA) is 79.4 Å². The van der Waals surface area contributed by atoms with Crippen LogP contribution >= 0.6 is 15.9 Å². The van der Waals surface area contributed by atoms with Gasteiger partial charge in [-0.2, -0.15) is 10.2 Å². The Morgan fingerprint density at radius 3 is 2.70 bits per heavy atom.